The highest BCUT2D eigenvalue weighted by molar-refractivity contribution is 7.15. The van der Waals surface area contributed by atoms with Gasteiger partial charge >= 0.3 is 0 Å². The summed E-state index contributed by atoms with van der Waals surface area (Å²) < 4.78 is 8.02. The Bertz CT molecular complexity index is 1200. The third-order valence-electron chi connectivity index (χ3n) is 4.36. The van der Waals surface area contributed by atoms with Crippen LogP contribution < -0.4 is 14.8 Å². The maximum absolute atomic E-state index is 12.9. The number of benzene rings is 2. The molecule has 25 heavy (non-hydrogen) atoms. The molecule has 2 aromatic carbocycles. The minimum absolute atomic E-state index is 0.0305. The van der Waals surface area contributed by atoms with Crippen molar-refractivity contribution in [1.29, 1.82) is 0 Å². The summed E-state index contributed by atoms with van der Waals surface area (Å²) in [6.07, 6.45) is 1.89. The lowest BCUT2D eigenvalue weighted by Gasteiger charge is -2.05. The van der Waals surface area contributed by atoms with Crippen LogP contribution in [0.3, 0.4) is 0 Å². The molecule has 4 rings (SSSR count). The molecule has 2 aromatic heterocycles. The largest absolute Gasteiger partial charge is 0.493 e. The van der Waals surface area contributed by atoms with Gasteiger partial charge in [0.2, 0.25) is 0 Å². The summed E-state index contributed by atoms with van der Waals surface area (Å²) in [6.45, 7) is 6.65. The second kappa shape index (κ2) is 6.01. The molecule has 0 saturated heterocycles. The van der Waals surface area contributed by atoms with Crippen LogP contribution in [0.5, 0.6) is 5.75 Å². The van der Waals surface area contributed by atoms with Crippen LogP contribution in [0.4, 0.5) is 0 Å². The van der Waals surface area contributed by atoms with Crippen LogP contribution in [-0.2, 0) is 0 Å². The van der Waals surface area contributed by atoms with E-state index in [1.165, 1.54) is 16.9 Å². The molecule has 0 atom stereocenters. The SMILES string of the molecule is CCOc1ccccc1/C=c1\sc2nc3cc(C)c(C)cc3n2c1=O. The predicted octanol–water partition coefficient (Wildman–Crippen LogP) is 3.47. The van der Waals surface area contributed by atoms with Crippen LogP contribution in [0.25, 0.3) is 22.1 Å². The van der Waals surface area contributed by atoms with Gasteiger partial charge < -0.3 is 4.74 Å². The number of aryl methyl sites for hydroxylation is 2. The number of rotatable bonds is 3. The van der Waals surface area contributed by atoms with Gasteiger partial charge in [-0.05, 0) is 56.2 Å². The molecule has 5 heteroatoms. The molecule has 0 aliphatic heterocycles. The lowest BCUT2D eigenvalue weighted by Crippen LogP contribution is -2.22. The van der Waals surface area contributed by atoms with Crippen molar-refractivity contribution < 1.29 is 4.74 Å². The Hall–Kier alpha value is -2.66. The molecule has 0 saturated carbocycles. The van der Waals surface area contributed by atoms with Crippen molar-refractivity contribution in [3.63, 3.8) is 0 Å². The first-order chi connectivity index (χ1) is 12.1. The monoisotopic (exact) mass is 350 g/mol. The lowest BCUT2D eigenvalue weighted by atomic mass is 10.1. The third-order valence-corrected chi connectivity index (χ3v) is 5.33. The van der Waals surface area contributed by atoms with E-state index in [4.69, 9.17) is 4.74 Å². The van der Waals surface area contributed by atoms with Crippen molar-refractivity contribution in [3.05, 3.63) is 68.0 Å². The number of fused-ring (bicyclic) bond motifs is 3. The minimum Gasteiger partial charge on any atom is -0.493 e. The summed E-state index contributed by atoms with van der Waals surface area (Å²) in [5.41, 5.74) is 4.96. The molecule has 0 N–H and O–H groups in total. The zero-order valence-corrected chi connectivity index (χ0v) is 15.2. The second-order valence-electron chi connectivity index (χ2n) is 6.04. The van der Waals surface area contributed by atoms with Gasteiger partial charge in [0.25, 0.3) is 5.56 Å². The molecule has 4 aromatic rings. The molecule has 0 fully saturated rings. The highest BCUT2D eigenvalue weighted by Gasteiger charge is 2.12. The number of imidazole rings is 1. The van der Waals surface area contributed by atoms with E-state index in [1.807, 2.05) is 49.4 Å². The molecule has 0 aliphatic carbocycles. The summed E-state index contributed by atoms with van der Waals surface area (Å²) >= 11 is 1.41. The van der Waals surface area contributed by atoms with Crippen molar-refractivity contribution in [2.75, 3.05) is 6.61 Å². The van der Waals surface area contributed by atoms with Gasteiger partial charge in [-0.1, -0.05) is 29.5 Å². The number of aromatic nitrogens is 2. The van der Waals surface area contributed by atoms with Gasteiger partial charge in [-0.25, -0.2) is 9.38 Å². The fourth-order valence-corrected chi connectivity index (χ4v) is 3.92. The van der Waals surface area contributed by atoms with Crippen molar-refractivity contribution >= 4 is 33.4 Å². The van der Waals surface area contributed by atoms with Crippen LogP contribution >= 0.6 is 11.3 Å². The van der Waals surface area contributed by atoms with Crippen LogP contribution in [0, 0.1) is 13.8 Å². The van der Waals surface area contributed by atoms with E-state index in [-0.39, 0.29) is 5.56 Å². The Morgan fingerprint density at radius 3 is 2.76 bits per heavy atom. The van der Waals surface area contributed by atoms with E-state index in [0.29, 0.717) is 11.1 Å². The van der Waals surface area contributed by atoms with Crippen molar-refractivity contribution in [1.82, 2.24) is 9.38 Å². The lowest BCUT2D eigenvalue weighted by molar-refractivity contribution is 0.339. The Kier molecular flexibility index (Phi) is 3.81. The quantitative estimate of drug-likeness (QED) is 0.568. The van der Waals surface area contributed by atoms with E-state index in [0.717, 1.165) is 32.9 Å². The molecule has 0 amide bonds. The van der Waals surface area contributed by atoms with Crippen LogP contribution in [0.1, 0.15) is 23.6 Å². The summed E-state index contributed by atoms with van der Waals surface area (Å²) in [5.74, 6) is 0.784. The molecule has 4 nitrogen and oxygen atoms in total. The Morgan fingerprint density at radius 1 is 1.20 bits per heavy atom. The topological polar surface area (TPSA) is 43.6 Å². The molecular weight excluding hydrogens is 332 g/mol. The number of hydrogen-bond donors (Lipinski definition) is 0. The van der Waals surface area contributed by atoms with Crippen molar-refractivity contribution in [3.8, 4) is 5.75 Å². The Labute approximate surface area is 149 Å². The highest BCUT2D eigenvalue weighted by Crippen LogP contribution is 2.22. The zero-order valence-electron chi connectivity index (χ0n) is 14.4. The first-order valence-electron chi connectivity index (χ1n) is 8.24. The number of hydrogen-bond acceptors (Lipinski definition) is 4. The number of nitrogens with zero attached hydrogens (tertiary/aromatic N) is 2. The molecule has 0 aliphatic rings. The average Bonchev–Trinajstić information content (AvgIpc) is 3.07. The molecule has 126 valence electrons. The third kappa shape index (κ3) is 2.61. The van der Waals surface area contributed by atoms with E-state index in [2.05, 4.69) is 18.8 Å². The van der Waals surface area contributed by atoms with E-state index < -0.39 is 0 Å². The maximum atomic E-state index is 12.9. The highest BCUT2D eigenvalue weighted by atomic mass is 32.1. The molecule has 0 bridgehead atoms. The predicted molar refractivity (Wildman–Crippen MR) is 103 cm³/mol. The van der Waals surface area contributed by atoms with E-state index in [1.54, 1.807) is 4.40 Å². The summed E-state index contributed by atoms with van der Waals surface area (Å²) in [6, 6.07) is 11.8. The molecule has 0 spiro atoms. The number of thiazole rings is 1. The van der Waals surface area contributed by atoms with Gasteiger partial charge in [0.05, 0.1) is 22.2 Å². The molecule has 2 heterocycles. The zero-order chi connectivity index (χ0) is 17.6. The van der Waals surface area contributed by atoms with Crippen LogP contribution in [0.15, 0.2) is 41.2 Å². The van der Waals surface area contributed by atoms with Crippen molar-refractivity contribution in [2.24, 2.45) is 0 Å². The summed E-state index contributed by atoms with van der Waals surface area (Å²) in [4.78, 5) is 18.3. The van der Waals surface area contributed by atoms with Gasteiger partial charge in [0.1, 0.15) is 5.75 Å². The summed E-state index contributed by atoms with van der Waals surface area (Å²) in [5, 5.41) is 0. The average molecular weight is 350 g/mol. The fraction of sp³-hybridized carbons (Fsp3) is 0.200. The number of para-hydroxylation sites is 1. The Balaban J connectivity index is 1.97. The molecule has 0 radical (unpaired) electrons. The molecule has 0 unspecified atom stereocenters. The second-order valence-corrected chi connectivity index (χ2v) is 7.05. The Morgan fingerprint density at radius 2 is 1.96 bits per heavy atom. The van der Waals surface area contributed by atoms with Crippen LogP contribution in [0.2, 0.25) is 0 Å². The van der Waals surface area contributed by atoms with E-state index in [9.17, 15) is 4.79 Å². The standard InChI is InChI=1S/C20H18N2O2S/c1-4-24-17-8-6-5-7-14(17)11-18-19(23)22-16-10-13(3)12(2)9-15(16)21-20(22)25-18/h5-11H,4H2,1-3H3/b18-11-. The van der Waals surface area contributed by atoms with Crippen LogP contribution in [-0.4, -0.2) is 16.0 Å². The molecular formula is C20H18N2O2S. The first-order valence-corrected chi connectivity index (χ1v) is 9.06. The summed E-state index contributed by atoms with van der Waals surface area (Å²) in [7, 11) is 0. The van der Waals surface area contributed by atoms with E-state index >= 15 is 0 Å². The van der Waals surface area contributed by atoms with Gasteiger partial charge in [-0.3, -0.25) is 4.79 Å². The van der Waals surface area contributed by atoms with Gasteiger partial charge in [0.15, 0.2) is 4.96 Å². The number of ether oxygens (including phenoxy) is 1. The maximum Gasteiger partial charge on any atom is 0.274 e. The normalized spacial score (nSPS) is 12.4. The van der Waals surface area contributed by atoms with Gasteiger partial charge in [-0.2, -0.15) is 0 Å². The minimum atomic E-state index is -0.0305. The van der Waals surface area contributed by atoms with Crippen molar-refractivity contribution in [2.45, 2.75) is 20.8 Å². The van der Waals surface area contributed by atoms with Gasteiger partial charge in [0, 0.05) is 5.56 Å². The fourth-order valence-electron chi connectivity index (χ4n) is 2.95. The smallest absolute Gasteiger partial charge is 0.274 e. The van der Waals surface area contributed by atoms with Gasteiger partial charge in [-0.15, -0.1) is 0 Å². The first kappa shape index (κ1) is 15.8.